The summed E-state index contributed by atoms with van der Waals surface area (Å²) in [6, 6.07) is 13.5. The third-order valence-electron chi connectivity index (χ3n) is 6.16. The van der Waals surface area contributed by atoms with E-state index >= 15 is 0 Å². The highest BCUT2D eigenvalue weighted by molar-refractivity contribution is 6.53. The summed E-state index contributed by atoms with van der Waals surface area (Å²) in [6.07, 6.45) is -0.0873. The maximum absolute atomic E-state index is 13.9. The van der Waals surface area contributed by atoms with E-state index in [2.05, 4.69) is 10.5 Å². The van der Waals surface area contributed by atoms with Crippen LogP contribution >= 0.6 is 58.0 Å². The van der Waals surface area contributed by atoms with Gasteiger partial charge in [0.15, 0.2) is 5.78 Å². The predicted molar refractivity (Wildman–Crippen MR) is 151 cm³/mol. The molecule has 3 aromatic carbocycles. The molecule has 0 radical (unpaired) electrons. The molecule has 198 valence electrons. The van der Waals surface area contributed by atoms with Gasteiger partial charge < -0.3 is 10.2 Å². The Morgan fingerprint density at radius 1 is 1.00 bits per heavy atom. The Morgan fingerprint density at radius 2 is 1.68 bits per heavy atom. The normalized spacial score (nSPS) is 18.2. The number of ketones is 1. The van der Waals surface area contributed by atoms with Crippen LogP contribution in [-0.4, -0.2) is 28.8 Å². The predicted octanol–water partition coefficient (Wildman–Crippen LogP) is 8.11. The van der Waals surface area contributed by atoms with Gasteiger partial charge in [-0.2, -0.15) is 0 Å². The molecule has 0 bridgehead atoms. The number of Topliss-reactive ketones (excluding diaryl/α,β-unsaturated/α-hetero) is 1. The topological polar surface area (TPSA) is 67.8 Å². The van der Waals surface area contributed by atoms with E-state index in [1.165, 1.54) is 37.4 Å². The minimum absolute atomic E-state index is 0.0873. The minimum atomic E-state index is -1.36. The molecule has 2 unspecified atom stereocenters. The van der Waals surface area contributed by atoms with E-state index in [-0.39, 0.29) is 22.8 Å². The monoisotopic (exact) mass is 614 g/mol. The molecule has 0 aromatic heterocycles. The molecular weight excluding hydrogens is 597 g/mol. The number of anilines is 1. The van der Waals surface area contributed by atoms with Gasteiger partial charge in [-0.15, -0.1) is 23.2 Å². The number of halogens is 6. The fourth-order valence-electron chi connectivity index (χ4n) is 4.35. The molecule has 4 rings (SSSR count). The Balaban J connectivity index is 1.54. The van der Waals surface area contributed by atoms with Crippen LogP contribution in [0.25, 0.3) is 0 Å². The van der Waals surface area contributed by atoms with E-state index in [1.807, 2.05) is 0 Å². The Bertz CT molecular complexity index is 1440. The fourth-order valence-corrected chi connectivity index (χ4v) is 5.95. The Hall–Kier alpha value is -2.35. The molecular formula is C27H20Cl5FN2O3. The van der Waals surface area contributed by atoms with Crippen LogP contribution in [0, 0.1) is 11.7 Å². The average Bonchev–Trinajstić information content (AvgIpc) is 3.43. The first-order valence-corrected chi connectivity index (χ1v) is 13.1. The molecule has 1 N–H and O–H groups in total. The quantitative estimate of drug-likeness (QED) is 0.120. The lowest BCUT2D eigenvalue weighted by atomic mass is 9.96. The van der Waals surface area contributed by atoms with Gasteiger partial charge in [-0.3, -0.25) is 9.59 Å². The van der Waals surface area contributed by atoms with E-state index in [9.17, 15) is 14.0 Å². The summed E-state index contributed by atoms with van der Waals surface area (Å²) in [6.45, 7) is 1.64. The third kappa shape index (κ3) is 6.11. The number of carbonyl (C=O) groups excluding carboxylic acids is 2. The molecule has 1 saturated carbocycles. The van der Waals surface area contributed by atoms with E-state index in [0.29, 0.717) is 38.1 Å². The molecule has 1 aliphatic carbocycles. The maximum Gasteiger partial charge on any atom is 0.231 e. The second-order valence-corrected chi connectivity index (χ2v) is 11.5. The number of oxime groups is 1. The number of carbonyl (C=O) groups is 2. The average molecular weight is 617 g/mol. The van der Waals surface area contributed by atoms with Crippen LogP contribution in [-0.2, 0) is 16.1 Å². The van der Waals surface area contributed by atoms with Crippen LogP contribution in [0.1, 0.15) is 39.9 Å². The molecule has 1 aliphatic rings. The zero-order chi connectivity index (χ0) is 27.8. The summed E-state index contributed by atoms with van der Waals surface area (Å²) < 4.78 is 12.5. The highest BCUT2D eigenvalue weighted by Crippen LogP contribution is 2.65. The number of rotatable bonds is 8. The van der Waals surface area contributed by atoms with Crippen molar-refractivity contribution in [1.29, 1.82) is 0 Å². The zero-order valence-corrected chi connectivity index (χ0v) is 23.8. The van der Waals surface area contributed by atoms with Crippen molar-refractivity contribution in [3.05, 3.63) is 97.7 Å². The highest BCUT2D eigenvalue weighted by Gasteiger charge is 2.67. The maximum atomic E-state index is 13.9. The zero-order valence-electron chi connectivity index (χ0n) is 20.0. The van der Waals surface area contributed by atoms with Crippen LogP contribution in [0.3, 0.4) is 0 Å². The van der Waals surface area contributed by atoms with Crippen molar-refractivity contribution in [2.24, 2.45) is 11.1 Å². The second-order valence-electron chi connectivity index (χ2n) is 8.78. The van der Waals surface area contributed by atoms with Crippen LogP contribution in [0.2, 0.25) is 15.1 Å². The molecule has 0 heterocycles. The Morgan fingerprint density at radius 3 is 2.34 bits per heavy atom. The van der Waals surface area contributed by atoms with Crippen LogP contribution in [0.5, 0.6) is 0 Å². The van der Waals surface area contributed by atoms with Crippen molar-refractivity contribution >= 4 is 81.1 Å². The Kier molecular flexibility index (Phi) is 8.60. The summed E-state index contributed by atoms with van der Waals surface area (Å²) in [4.78, 5) is 31.1. The lowest BCUT2D eigenvalue weighted by molar-refractivity contribution is -0.117. The van der Waals surface area contributed by atoms with E-state index in [4.69, 9.17) is 62.8 Å². The fraction of sp³-hybridized carbons (Fsp3) is 0.222. The first kappa shape index (κ1) is 28.7. The molecule has 1 amide bonds. The van der Waals surface area contributed by atoms with Gasteiger partial charge in [0.1, 0.15) is 17.3 Å². The van der Waals surface area contributed by atoms with Gasteiger partial charge in [0.25, 0.3) is 0 Å². The summed E-state index contributed by atoms with van der Waals surface area (Å²) in [5.41, 5.74) is 2.53. The van der Waals surface area contributed by atoms with E-state index in [1.54, 1.807) is 31.2 Å². The standard InChI is InChI=1S/C27H20Cl5FN2O3/c1-13(35-38-2)20-11-18(33)4-3-14(20)9-23(36)21-12-19(5-6-22(21)30)34-26(37)25-24(27(25,31)32)15-7-16(28)10-17(29)8-15/h3-8,10-12,24-25H,9H2,1-2H3,(H,34,37)/b35-13+. The number of benzene rings is 3. The first-order valence-electron chi connectivity index (χ1n) is 11.3. The van der Waals surface area contributed by atoms with Crippen molar-refractivity contribution in [3.8, 4) is 0 Å². The number of alkyl halides is 2. The number of nitrogens with one attached hydrogen (secondary N) is 1. The van der Waals surface area contributed by atoms with E-state index < -0.39 is 27.9 Å². The highest BCUT2D eigenvalue weighted by atomic mass is 35.5. The summed E-state index contributed by atoms with van der Waals surface area (Å²) in [5, 5.41) is 7.59. The molecule has 38 heavy (non-hydrogen) atoms. The third-order valence-corrected chi connectivity index (χ3v) is 7.86. The van der Waals surface area contributed by atoms with Gasteiger partial charge in [-0.1, -0.05) is 46.0 Å². The van der Waals surface area contributed by atoms with Crippen LogP contribution in [0.4, 0.5) is 10.1 Å². The SMILES string of the molecule is CO/N=C(\C)c1cc(F)ccc1CC(=O)c1cc(NC(=O)C2C(c3cc(Cl)cc(Cl)c3)C2(Cl)Cl)ccc1Cl. The molecule has 0 saturated heterocycles. The number of amides is 1. The first-order chi connectivity index (χ1) is 17.9. The van der Waals surface area contributed by atoms with Crippen LogP contribution < -0.4 is 5.32 Å². The summed E-state index contributed by atoms with van der Waals surface area (Å²) >= 11 is 31.4. The lowest BCUT2D eigenvalue weighted by Crippen LogP contribution is -2.17. The molecule has 5 nitrogen and oxygen atoms in total. The lowest BCUT2D eigenvalue weighted by Gasteiger charge is -2.11. The van der Waals surface area contributed by atoms with Gasteiger partial charge in [0.2, 0.25) is 5.91 Å². The minimum Gasteiger partial charge on any atom is -0.399 e. The van der Waals surface area contributed by atoms with Gasteiger partial charge in [-0.05, 0) is 66.6 Å². The van der Waals surface area contributed by atoms with Gasteiger partial charge in [0, 0.05) is 39.2 Å². The van der Waals surface area contributed by atoms with Gasteiger partial charge >= 0.3 is 0 Å². The number of nitrogens with zero attached hydrogens (tertiary/aromatic N) is 1. The smallest absolute Gasteiger partial charge is 0.231 e. The molecule has 0 spiro atoms. The second kappa shape index (κ2) is 11.4. The number of hydrogen-bond acceptors (Lipinski definition) is 4. The van der Waals surface area contributed by atoms with Crippen LogP contribution in [0.15, 0.2) is 59.8 Å². The molecule has 2 atom stereocenters. The Labute approximate surface area is 243 Å². The van der Waals surface area contributed by atoms with Gasteiger partial charge in [-0.25, -0.2) is 4.39 Å². The van der Waals surface area contributed by atoms with E-state index in [0.717, 1.165) is 0 Å². The molecule has 11 heteroatoms. The van der Waals surface area contributed by atoms with Crippen molar-refractivity contribution in [2.45, 2.75) is 23.6 Å². The molecule has 3 aromatic rings. The number of hydrogen-bond donors (Lipinski definition) is 1. The van der Waals surface area contributed by atoms with Crippen molar-refractivity contribution in [3.63, 3.8) is 0 Å². The largest absolute Gasteiger partial charge is 0.399 e. The van der Waals surface area contributed by atoms with Crippen molar-refractivity contribution in [2.75, 3.05) is 12.4 Å². The van der Waals surface area contributed by atoms with Crippen molar-refractivity contribution < 1.29 is 18.8 Å². The van der Waals surface area contributed by atoms with Crippen molar-refractivity contribution in [1.82, 2.24) is 0 Å². The molecule has 0 aliphatic heterocycles. The van der Waals surface area contributed by atoms with Gasteiger partial charge in [0.05, 0.1) is 16.7 Å². The summed E-state index contributed by atoms with van der Waals surface area (Å²) in [7, 11) is 1.37. The summed E-state index contributed by atoms with van der Waals surface area (Å²) in [5.74, 6) is -2.56. The molecule has 1 fully saturated rings.